The Balaban J connectivity index is 1.98. The maximum absolute atomic E-state index is 13.2. The number of benzene rings is 2. The molecule has 0 saturated heterocycles. The van der Waals surface area contributed by atoms with Crippen LogP contribution in [0.25, 0.3) is 0 Å². The van der Waals surface area contributed by atoms with Crippen molar-refractivity contribution in [3.05, 3.63) is 71.0 Å². The first kappa shape index (κ1) is 11.0. The summed E-state index contributed by atoms with van der Waals surface area (Å²) < 4.78 is 18.6. The lowest BCUT2D eigenvalue weighted by molar-refractivity contribution is 0.0252. The number of halogens is 1. The van der Waals surface area contributed by atoms with E-state index < -0.39 is 0 Å². The van der Waals surface area contributed by atoms with Crippen LogP contribution in [-0.4, -0.2) is 5.97 Å². The Morgan fingerprint density at radius 3 is 2.67 bits per heavy atom. The first-order valence-corrected chi connectivity index (χ1v) is 5.78. The fourth-order valence-corrected chi connectivity index (χ4v) is 2.22. The highest BCUT2D eigenvalue weighted by atomic mass is 19.1. The maximum Gasteiger partial charge on any atom is 0.339 e. The predicted molar refractivity (Wildman–Crippen MR) is 64.7 cm³/mol. The third-order valence-electron chi connectivity index (χ3n) is 3.11. The number of cyclic esters (lactones) is 1. The van der Waals surface area contributed by atoms with Gasteiger partial charge in [-0.3, -0.25) is 0 Å². The van der Waals surface area contributed by atoms with E-state index in [2.05, 4.69) is 0 Å². The molecule has 0 amide bonds. The molecule has 3 rings (SSSR count). The van der Waals surface area contributed by atoms with Gasteiger partial charge in [-0.15, -0.1) is 0 Å². The van der Waals surface area contributed by atoms with Crippen molar-refractivity contribution in [2.24, 2.45) is 0 Å². The number of esters is 1. The SMILES string of the molecule is O=C1OC(c2ccccc2)Cc2cc(F)ccc21. The highest BCUT2D eigenvalue weighted by Gasteiger charge is 2.27. The topological polar surface area (TPSA) is 26.3 Å². The summed E-state index contributed by atoms with van der Waals surface area (Å²) in [6, 6.07) is 13.7. The largest absolute Gasteiger partial charge is 0.454 e. The zero-order valence-corrected chi connectivity index (χ0v) is 9.60. The van der Waals surface area contributed by atoms with E-state index in [0.29, 0.717) is 17.5 Å². The number of rotatable bonds is 1. The molecule has 90 valence electrons. The van der Waals surface area contributed by atoms with E-state index >= 15 is 0 Å². The number of hydrogen-bond acceptors (Lipinski definition) is 2. The lowest BCUT2D eigenvalue weighted by atomic mass is 9.95. The van der Waals surface area contributed by atoms with E-state index in [1.54, 1.807) is 0 Å². The summed E-state index contributed by atoms with van der Waals surface area (Å²) in [7, 11) is 0. The Bertz CT molecular complexity index is 593. The number of carbonyl (C=O) groups excluding carboxylic acids is 1. The third kappa shape index (κ3) is 1.88. The lowest BCUT2D eigenvalue weighted by Crippen LogP contribution is -2.21. The Kier molecular flexibility index (Phi) is 2.59. The van der Waals surface area contributed by atoms with Gasteiger partial charge in [0.1, 0.15) is 11.9 Å². The van der Waals surface area contributed by atoms with Crippen molar-refractivity contribution in [3.63, 3.8) is 0 Å². The summed E-state index contributed by atoms with van der Waals surface area (Å²) in [5.74, 6) is -0.708. The van der Waals surface area contributed by atoms with Crippen LogP contribution in [0.3, 0.4) is 0 Å². The van der Waals surface area contributed by atoms with E-state index in [-0.39, 0.29) is 17.9 Å². The van der Waals surface area contributed by atoms with Gasteiger partial charge in [0.2, 0.25) is 0 Å². The quantitative estimate of drug-likeness (QED) is 0.717. The van der Waals surface area contributed by atoms with Crippen molar-refractivity contribution < 1.29 is 13.9 Å². The van der Waals surface area contributed by atoms with Crippen molar-refractivity contribution in [2.45, 2.75) is 12.5 Å². The number of fused-ring (bicyclic) bond motifs is 1. The molecule has 0 aliphatic carbocycles. The van der Waals surface area contributed by atoms with Gasteiger partial charge < -0.3 is 4.74 Å². The minimum absolute atomic E-state index is 0.324. The van der Waals surface area contributed by atoms with Gasteiger partial charge in [0.15, 0.2) is 0 Å². The summed E-state index contributed by atoms with van der Waals surface area (Å²) in [6.07, 6.45) is 0.191. The van der Waals surface area contributed by atoms with Crippen molar-refractivity contribution in [3.8, 4) is 0 Å². The molecule has 2 nitrogen and oxygen atoms in total. The molecule has 1 heterocycles. The van der Waals surface area contributed by atoms with Crippen LogP contribution in [0.4, 0.5) is 4.39 Å². The van der Waals surface area contributed by atoms with E-state index in [4.69, 9.17) is 4.74 Å². The van der Waals surface area contributed by atoms with E-state index in [1.165, 1.54) is 18.2 Å². The second-order valence-electron chi connectivity index (χ2n) is 4.31. The first-order valence-electron chi connectivity index (χ1n) is 5.78. The molecule has 0 N–H and O–H groups in total. The molecule has 0 spiro atoms. The minimum atomic E-state index is -0.384. The van der Waals surface area contributed by atoms with E-state index in [0.717, 1.165) is 5.56 Å². The molecular weight excluding hydrogens is 231 g/mol. The fraction of sp³-hybridized carbons (Fsp3) is 0.133. The summed E-state index contributed by atoms with van der Waals surface area (Å²) in [4.78, 5) is 11.8. The van der Waals surface area contributed by atoms with Gasteiger partial charge in [-0.1, -0.05) is 30.3 Å². The van der Waals surface area contributed by atoms with Crippen LogP contribution < -0.4 is 0 Å². The summed E-state index contributed by atoms with van der Waals surface area (Å²) in [5, 5.41) is 0. The summed E-state index contributed by atoms with van der Waals surface area (Å²) >= 11 is 0. The number of ether oxygens (including phenoxy) is 1. The normalized spacial score (nSPS) is 18.1. The molecule has 18 heavy (non-hydrogen) atoms. The van der Waals surface area contributed by atoms with Crippen LogP contribution in [0.2, 0.25) is 0 Å². The zero-order chi connectivity index (χ0) is 12.5. The molecular formula is C15H11FO2. The molecule has 1 aliphatic heterocycles. The maximum atomic E-state index is 13.2. The second kappa shape index (κ2) is 4.26. The van der Waals surface area contributed by atoms with Gasteiger partial charge in [0.25, 0.3) is 0 Å². The van der Waals surface area contributed by atoms with E-state index in [9.17, 15) is 9.18 Å². The minimum Gasteiger partial charge on any atom is -0.454 e. The molecule has 2 aromatic rings. The second-order valence-corrected chi connectivity index (χ2v) is 4.31. The van der Waals surface area contributed by atoms with Crippen molar-refractivity contribution >= 4 is 5.97 Å². The van der Waals surface area contributed by atoms with Gasteiger partial charge in [-0.2, -0.15) is 0 Å². The molecule has 0 fully saturated rings. The number of carbonyl (C=O) groups is 1. The van der Waals surface area contributed by atoms with Crippen molar-refractivity contribution in [1.29, 1.82) is 0 Å². The predicted octanol–water partition coefficient (Wildman–Crippen LogP) is 3.28. The summed E-state index contributed by atoms with van der Waals surface area (Å²) in [6.45, 7) is 0. The molecule has 0 radical (unpaired) electrons. The first-order chi connectivity index (χ1) is 8.74. The van der Waals surface area contributed by atoms with Gasteiger partial charge in [-0.25, -0.2) is 9.18 Å². The third-order valence-corrected chi connectivity index (χ3v) is 3.11. The molecule has 2 aromatic carbocycles. The van der Waals surface area contributed by atoms with Gasteiger partial charge >= 0.3 is 5.97 Å². The van der Waals surface area contributed by atoms with Gasteiger partial charge in [-0.05, 0) is 29.3 Å². The highest BCUT2D eigenvalue weighted by molar-refractivity contribution is 5.92. The Labute approximate surface area is 104 Å². The highest BCUT2D eigenvalue weighted by Crippen LogP contribution is 2.30. The van der Waals surface area contributed by atoms with E-state index in [1.807, 2.05) is 30.3 Å². The van der Waals surface area contributed by atoms with Crippen LogP contribution >= 0.6 is 0 Å². The van der Waals surface area contributed by atoms with Gasteiger partial charge in [0, 0.05) is 6.42 Å². The van der Waals surface area contributed by atoms with Crippen molar-refractivity contribution in [1.82, 2.24) is 0 Å². The number of hydrogen-bond donors (Lipinski definition) is 0. The monoisotopic (exact) mass is 242 g/mol. The molecule has 1 aliphatic rings. The van der Waals surface area contributed by atoms with Crippen molar-refractivity contribution in [2.75, 3.05) is 0 Å². The molecule has 1 unspecified atom stereocenters. The lowest BCUT2D eigenvalue weighted by Gasteiger charge is -2.24. The fourth-order valence-electron chi connectivity index (χ4n) is 2.22. The Morgan fingerprint density at radius 2 is 1.89 bits per heavy atom. The smallest absolute Gasteiger partial charge is 0.339 e. The van der Waals surface area contributed by atoms with Crippen LogP contribution in [-0.2, 0) is 11.2 Å². The molecule has 3 heteroatoms. The van der Waals surface area contributed by atoms with Crippen LogP contribution in [0.5, 0.6) is 0 Å². The summed E-state index contributed by atoms with van der Waals surface area (Å²) in [5.41, 5.74) is 2.10. The molecule has 1 atom stereocenters. The van der Waals surface area contributed by atoms with Crippen LogP contribution in [0.15, 0.2) is 48.5 Å². The van der Waals surface area contributed by atoms with Crippen LogP contribution in [0, 0.1) is 5.82 Å². The average Bonchev–Trinajstić information content (AvgIpc) is 2.39. The molecule has 0 saturated carbocycles. The standard InChI is InChI=1S/C15H11FO2/c16-12-6-7-13-11(8-12)9-14(18-15(13)17)10-4-2-1-3-5-10/h1-8,14H,9H2. The van der Waals surface area contributed by atoms with Crippen LogP contribution in [0.1, 0.15) is 27.6 Å². The Hall–Kier alpha value is -2.16. The molecule has 0 bridgehead atoms. The average molecular weight is 242 g/mol. The zero-order valence-electron chi connectivity index (χ0n) is 9.60. The Morgan fingerprint density at radius 1 is 1.11 bits per heavy atom. The van der Waals surface area contributed by atoms with Gasteiger partial charge in [0.05, 0.1) is 5.56 Å². The molecule has 0 aromatic heterocycles.